The molecule has 1 atom stereocenters. The number of pyridine rings is 2. The Morgan fingerprint density at radius 3 is 1.67 bits per heavy atom. The summed E-state index contributed by atoms with van der Waals surface area (Å²) in [6, 6.07) is 18.5. The van der Waals surface area contributed by atoms with E-state index < -0.39 is 15.4 Å². The first-order valence-electron chi connectivity index (χ1n) is 15.6. The van der Waals surface area contributed by atoms with Gasteiger partial charge in [-0.25, -0.2) is 4.67 Å². The van der Waals surface area contributed by atoms with Crippen molar-refractivity contribution in [1.29, 1.82) is 10.5 Å². The zero-order chi connectivity index (χ0) is 40.8. The van der Waals surface area contributed by atoms with E-state index in [0.717, 1.165) is 21.1 Å². The van der Waals surface area contributed by atoms with Gasteiger partial charge in [0.2, 0.25) is 0 Å². The van der Waals surface area contributed by atoms with Gasteiger partial charge in [-0.2, -0.15) is 23.2 Å². The number of thiol groups is 1. The van der Waals surface area contributed by atoms with Crippen molar-refractivity contribution >= 4 is 124 Å². The van der Waals surface area contributed by atoms with Crippen LogP contribution in [-0.4, -0.2) is 112 Å². The first-order valence-corrected chi connectivity index (χ1v) is 34.4. The standard InChI is InChI=1S/C14H18BNO3.C13H11N3O.C5H5BrN2.CH4S.3K.HO4P/c1-13(2)14(3,4)19-15(18-13)11-7-6-10(9-16)12(8-11)17-5;1-17-13-5-9(2-3-10(13)6-14)11-4-12(15)8-16-7-11;6-4-1-5(7)3-8-2-4;1-2;;;;1-4-5(2)3/h6-8H,1-5H3;2-5,7-8H,15H2,1H3;1-3H,7H2;2H,1H3;;;;1H/q;;;;;;+1;/p-1. The first kappa shape index (κ1) is 56.7. The normalized spacial score (nSPS) is 12.8. The van der Waals surface area contributed by atoms with Gasteiger partial charge in [0.1, 0.15) is 23.6 Å². The van der Waals surface area contributed by atoms with Crippen molar-refractivity contribution in [2.24, 2.45) is 0 Å². The van der Waals surface area contributed by atoms with E-state index in [9.17, 15) is 0 Å². The molecule has 3 heterocycles. The molecule has 1 aliphatic heterocycles. The number of aromatic nitrogens is 2. The molecule has 21 heteroatoms. The van der Waals surface area contributed by atoms with E-state index in [-0.39, 0.29) is 62.6 Å². The number of nitrogens with two attached hydrogens (primary N) is 2. The number of halogens is 1. The number of hydrogen-bond acceptors (Lipinski definition) is 15. The summed E-state index contributed by atoms with van der Waals surface area (Å²) >= 11 is 9.25. The molecule has 272 valence electrons. The van der Waals surface area contributed by atoms with Crippen molar-refractivity contribution in [2.75, 3.05) is 31.9 Å². The van der Waals surface area contributed by atoms with Gasteiger partial charge >= 0.3 is 130 Å². The van der Waals surface area contributed by atoms with E-state index in [2.05, 4.69) is 55.3 Å². The van der Waals surface area contributed by atoms with Gasteiger partial charge in [-0.3, -0.25) is 9.97 Å². The molecule has 5 rings (SSSR count). The Morgan fingerprint density at radius 2 is 1.28 bits per heavy atom. The number of ether oxygens (including phenoxy) is 2. The molecular weight excluding hydrogens is 879 g/mol. The summed E-state index contributed by atoms with van der Waals surface area (Å²) in [5.41, 5.74) is 15.3. The van der Waals surface area contributed by atoms with Gasteiger partial charge < -0.3 is 40.4 Å². The van der Waals surface area contributed by atoms with E-state index in [1.54, 1.807) is 68.5 Å². The Labute approximate surface area is 420 Å². The van der Waals surface area contributed by atoms with E-state index in [0.29, 0.717) is 34.0 Å². The summed E-state index contributed by atoms with van der Waals surface area (Å²) in [6.45, 7) is 8.03. The third-order valence-electron chi connectivity index (χ3n) is 7.07. The number of nitrogens with zero attached hydrogens (tertiary/aromatic N) is 4. The Morgan fingerprint density at radius 1 is 0.833 bits per heavy atom. The molecule has 54 heavy (non-hydrogen) atoms. The molecule has 1 aliphatic rings. The molecule has 0 amide bonds. The minimum absolute atomic E-state index is 0. The minimum atomic E-state index is -3.15. The van der Waals surface area contributed by atoms with E-state index in [1.165, 1.54) is 70.3 Å². The van der Waals surface area contributed by atoms with E-state index in [1.807, 2.05) is 45.9 Å². The molecule has 4 aromatic rings. The van der Waals surface area contributed by atoms with Gasteiger partial charge in [-0.15, -0.1) is 0 Å². The van der Waals surface area contributed by atoms with Gasteiger partial charge in [0.05, 0.1) is 47.9 Å². The molecule has 2 aromatic heterocycles. The monoisotopic (exact) mass is 916 g/mol. The molecule has 4 N–H and O–H groups in total. The number of benzene rings is 2. The Kier molecular flexibility index (Phi) is 32.2. The zero-order valence-corrected chi connectivity index (χ0v) is 44.7. The van der Waals surface area contributed by atoms with Crippen LogP contribution in [0.15, 0.2) is 77.8 Å². The van der Waals surface area contributed by atoms with Crippen LogP contribution in [0.1, 0.15) is 38.8 Å². The summed E-state index contributed by atoms with van der Waals surface area (Å²) < 4.78 is 34.5. The predicted molar refractivity (Wildman–Crippen MR) is 210 cm³/mol. The summed E-state index contributed by atoms with van der Waals surface area (Å²) in [5, 5.41) is 26.4. The molecular formula is C33H38BBrK3N6O8PS. The summed E-state index contributed by atoms with van der Waals surface area (Å²) in [5.74, 6) is 1.09. The maximum atomic E-state index is 8.98. The van der Waals surface area contributed by atoms with Crippen LogP contribution in [0.4, 0.5) is 11.4 Å². The maximum absolute atomic E-state index is 8.98. The topological polar surface area (TPSA) is 235 Å². The second-order valence-corrected chi connectivity index (χ2v) is 12.4. The number of methoxy groups -OCH3 is 2. The van der Waals surface area contributed by atoms with Crippen LogP contribution in [-0.2, 0) is 18.5 Å². The molecule has 0 saturated carbocycles. The molecule has 2 aromatic carbocycles. The van der Waals surface area contributed by atoms with Crippen molar-refractivity contribution in [1.82, 2.24) is 9.97 Å². The molecule has 0 radical (unpaired) electrons. The van der Waals surface area contributed by atoms with Crippen LogP contribution in [0.25, 0.3) is 11.1 Å². The Bertz CT molecular complexity index is 1810. The average molecular weight is 918 g/mol. The number of rotatable bonds is 5. The van der Waals surface area contributed by atoms with Crippen molar-refractivity contribution < 1.29 is 89.6 Å². The van der Waals surface area contributed by atoms with Crippen LogP contribution < -0.4 is 87.9 Å². The predicted octanol–water partition coefficient (Wildman–Crippen LogP) is 0.588. The molecule has 1 fully saturated rings. The molecule has 0 bridgehead atoms. The van der Waals surface area contributed by atoms with Gasteiger partial charge in [0.25, 0.3) is 0 Å². The van der Waals surface area contributed by atoms with Gasteiger partial charge in [-0.05, 0) is 102 Å². The second-order valence-electron chi connectivity index (χ2n) is 10.9. The van der Waals surface area contributed by atoms with Crippen LogP contribution in [0.2, 0.25) is 0 Å². The average Bonchev–Trinajstić information content (AvgIpc) is 3.38. The number of nitrogen functional groups attached to an aromatic ring is 2. The molecule has 1 saturated heterocycles. The number of nitriles is 2. The fourth-order valence-electron chi connectivity index (χ4n) is 3.93. The molecule has 0 aliphatic carbocycles. The molecule has 1 unspecified atom stereocenters. The van der Waals surface area contributed by atoms with Crippen molar-refractivity contribution in [3.05, 3.63) is 88.9 Å². The van der Waals surface area contributed by atoms with Gasteiger partial charge in [0, 0.05) is 34.8 Å². The fourth-order valence-corrected chi connectivity index (χ4v) is 4.32. The van der Waals surface area contributed by atoms with Crippen molar-refractivity contribution in [2.45, 2.75) is 38.9 Å². The number of anilines is 2. The van der Waals surface area contributed by atoms with E-state index >= 15 is 0 Å². The quantitative estimate of drug-likeness (QED) is 0.0818. The summed E-state index contributed by atoms with van der Waals surface area (Å²) in [4.78, 5) is 16.7. The second kappa shape index (κ2) is 30.6. The van der Waals surface area contributed by atoms with Crippen LogP contribution in [0, 0.1) is 22.7 Å². The third kappa shape index (κ3) is 20.1. The van der Waals surface area contributed by atoms with Crippen LogP contribution >= 0.6 is 36.8 Å². The SMILES string of the molecule is COc1cc(-c2cncc(N)c2)ccc1C#N.COc1cc(B2OC(C)(C)C(C)(C)O2)ccc1C#N.CS.Nc1cncc(Br)c1.O=[P+]([O-])O[O-].[K+].[K][K]. The first-order chi connectivity index (χ1) is 25.1. The van der Waals surface area contributed by atoms with Crippen LogP contribution in [0.3, 0.4) is 0 Å². The summed E-state index contributed by atoms with van der Waals surface area (Å²) in [7, 11) is -0.507. The molecule has 14 nitrogen and oxygen atoms in total. The van der Waals surface area contributed by atoms with Crippen molar-refractivity contribution in [3.63, 3.8) is 0 Å². The Hall–Kier alpha value is 0.624. The molecule has 0 spiro atoms. The zero-order valence-electron chi connectivity index (χ0n) is 32.0. The van der Waals surface area contributed by atoms with Gasteiger partial charge in [-0.1, -0.05) is 12.1 Å². The summed E-state index contributed by atoms with van der Waals surface area (Å²) in [6.07, 6.45) is 8.29. The van der Waals surface area contributed by atoms with E-state index in [4.69, 9.17) is 55.5 Å². The van der Waals surface area contributed by atoms with Crippen molar-refractivity contribution in [3.8, 4) is 34.8 Å². The third-order valence-corrected chi connectivity index (χ3v) is 7.63. The fraction of sp³-hybridized carbons (Fsp3) is 0.273. The van der Waals surface area contributed by atoms with Crippen LogP contribution in [0.5, 0.6) is 11.5 Å². The van der Waals surface area contributed by atoms with Gasteiger partial charge in [0.15, 0.2) is 0 Å². The number of hydrogen-bond donors (Lipinski definition) is 3. The Balaban J connectivity index is 0.